The number of methoxy groups -OCH3 is 1. The van der Waals surface area contributed by atoms with E-state index in [4.69, 9.17) is 16.3 Å². The minimum Gasteiger partial charge on any atom is -0.375 e. The Bertz CT molecular complexity index is 411. The minimum atomic E-state index is -0.00887. The van der Waals surface area contributed by atoms with Gasteiger partial charge in [-0.2, -0.15) is 0 Å². The Labute approximate surface area is 139 Å². The second-order valence-corrected chi connectivity index (χ2v) is 5.98. The molecule has 0 saturated carbocycles. The Kier molecular flexibility index (Phi) is 8.60. The molecule has 1 aromatic carbocycles. The van der Waals surface area contributed by atoms with Gasteiger partial charge < -0.3 is 15.4 Å². The number of benzene rings is 1. The second kappa shape index (κ2) is 9.65. The van der Waals surface area contributed by atoms with E-state index in [-0.39, 0.29) is 24.6 Å². The number of rotatable bonds is 6. The summed E-state index contributed by atoms with van der Waals surface area (Å²) in [4.78, 5) is 0. The lowest BCUT2D eigenvalue weighted by Crippen LogP contribution is -2.39. The van der Waals surface area contributed by atoms with E-state index in [1.165, 1.54) is 12.8 Å². The molecular weight excluding hydrogens is 307 g/mol. The van der Waals surface area contributed by atoms with E-state index in [1.54, 1.807) is 7.11 Å². The van der Waals surface area contributed by atoms with Gasteiger partial charge in [0.25, 0.3) is 0 Å². The van der Waals surface area contributed by atoms with E-state index in [0.717, 1.165) is 36.1 Å². The summed E-state index contributed by atoms with van der Waals surface area (Å²) in [7, 11) is 1.75. The van der Waals surface area contributed by atoms with E-state index in [2.05, 4.69) is 17.6 Å². The summed E-state index contributed by atoms with van der Waals surface area (Å²) < 4.78 is 5.66. The Morgan fingerprint density at radius 1 is 1.33 bits per heavy atom. The SMILES string of the molecule is COC(c1ccccc1Cl)C(C)NCC1CCNCC1.Cl. The molecule has 0 aliphatic carbocycles. The van der Waals surface area contributed by atoms with Crippen LogP contribution in [0.4, 0.5) is 0 Å². The largest absolute Gasteiger partial charge is 0.375 e. The van der Waals surface area contributed by atoms with Crippen LogP contribution in [-0.2, 0) is 4.74 Å². The van der Waals surface area contributed by atoms with Crippen LogP contribution in [0, 0.1) is 5.92 Å². The van der Waals surface area contributed by atoms with Crippen molar-refractivity contribution in [2.75, 3.05) is 26.7 Å². The molecule has 0 aromatic heterocycles. The fourth-order valence-electron chi connectivity index (χ4n) is 2.85. The molecule has 2 atom stereocenters. The molecule has 2 rings (SSSR count). The molecule has 2 N–H and O–H groups in total. The monoisotopic (exact) mass is 332 g/mol. The fraction of sp³-hybridized carbons (Fsp3) is 0.625. The molecule has 2 unspecified atom stereocenters. The van der Waals surface area contributed by atoms with Gasteiger partial charge in [-0.15, -0.1) is 12.4 Å². The van der Waals surface area contributed by atoms with Crippen LogP contribution >= 0.6 is 24.0 Å². The Morgan fingerprint density at radius 3 is 2.62 bits per heavy atom. The van der Waals surface area contributed by atoms with Crippen molar-refractivity contribution in [3.05, 3.63) is 34.9 Å². The van der Waals surface area contributed by atoms with Crippen molar-refractivity contribution in [3.63, 3.8) is 0 Å². The fourth-order valence-corrected chi connectivity index (χ4v) is 3.09. The van der Waals surface area contributed by atoms with Crippen LogP contribution in [0.3, 0.4) is 0 Å². The van der Waals surface area contributed by atoms with Gasteiger partial charge >= 0.3 is 0 Å². The van der Waals surface area contributed by atoms with Crippen molar-refractivity contribution < 1.29 is 4.74 Å². The molecule has 0 spiro atoms. The number of piperidine rings is 1. The van der Waals surface area contributed by atoms with Crippen molar-refractivity contribution >= 4 is 24.0 Å². The van der Waals surface area contributed by atoms with Crippen molar-refractivity contribution in [2.45, 2.75) is 31.9 Å². The molecule has 1 aliphatic heterocycles. The zero-order chi connectivity index (χ0) is 14.4. The Balaban J connectivity index is 0.00000220. The highest BCUT2D eigenvalue weighted by atomic mass is 35.5. The molecule has 0 bridgehead atoms. The number of ether oxygens (including phenoxy) is 1. The van der Waals surface area contributed by atoms with Crippen LogP contribution in [0.2, 0.25) is 5.02 Å². The predicted octanol–water partition coefficient (Wildman–Crippen LogP) is 3.43. The average molecular weight is 333 g/mol. The summed E-state index contributed by atoms with van der Waals surface area (Å²) >= 11 is 6.27. The summed E-state index contributed by atoms with van der Waals surface area (Å²) in [6.45, 7) is 5.49. The topological polar surface area (TPSA) is 33.3 Å². The van der Waals surface area contributed by atoms with E-state index >= 15 is 0 Å². The van der Waals surface area contributed by atoms with Gasteiger partial charge in [-0.3, -0.25) is 0 Å². The highest BCUT2D eigenvalue weighted by molar-refractivity contribution is 6.31. The highest BCUT2D eigenvalue weighted by Gasteiger charge is 2.22. The van der Waals surface area contributed by atoms with Crippen LogP contribution < -0.4 is 10.6 Å². The quantitative estimate of drug-likeness (QED) is 0.837. The molecular formula is C16H26Cl2N2O. The lowest BCUT2D eigenvalue weighted by Gasteiger charge is -2.28. The average Bonchev–Trinajstić information content (AvgIpc) is 2.49. The summed E-state index contributed by atoms with van der Waals surface area (Å²) in [6, 6.07) is 8.16. The maximum atomic E-state index is 6.27. The normalized spacial score (nSPS) is 18.8. The van der Waals surface area contributed by atoms with Gasteiger partial charge in [0.15, 0.2) is 0 Å². The van der Waals surface area contributed by atoms with Crippen LogP contribution in [0.1, 0.15) is 31.4 Å². The molecule has 1 fully saturated rings. The third-order valence-electron chi connectivity index (χ3n) is 4.11. The number of hydrogen-bond donors (Lipinski definition) is 2. The molecule has 1 aliphatic rings. The van der Waals surface area contributed by atoms with Crippen molar-refractivity contribution in [3.8, 4) is 0 Å². The number of hydrogen-bond acceptors (Lipinski definition) is 3. The van der Waals surface area contributed by atoms with Crippen molar-refractivity contribution in [2.24, 2.45) is 5.92 Å². The van der Waals surface area contributed by atoms with Gasteiger partial charge in [-0.1, -0.05) is 29.8 Å². The van der Waals surface area contributed by atoms with Gasteiger partial charge in [0.05, 0.1) is 6.10 Å². The number of nitrogens with one attached hydrogen (secondary N) is 2. The summed E-state index contributed by atoms with van der Waals surface area (Å²) in [5, 5.41) is 7.79. The molecule has 1 saturated heterocycles. The van der Waals surface area contributed by atoms with Gasteiger partial charge in [0, 0.05) is 23.7 Å². The lowest BCUT2D eigenvalue weighted by molar-refractivity contribution is 0.0715. The number of halogens is 2. The van der Waals surface area contributed by atoms with E-state index in [0.29, 0.717) is 0 Å². The van der Waals surface area contributed by atoms with Crippen LogP contribution in [0.15, 0.2) is 24.3 Å². The summed E-state index contributed by atoms with van der Waals surface area (Å²) in [5.41, 5.74) is 1.06. The summed E-state index contributed by atoms with van der Waals surface area (Å²) in [5.74, 6) is 0.766. The zero-order valence-electron chi connectivity index (χ0n) is 12.8. The molecule has 120 valence electrons. The van der Waals surface area contributed by atoms with Crippen molar-refractivity contribution in [1.82, 2.24) is 10.6 Å². The first kappa shape index (κ1) is 18.7. The third-order valence-corrected chi connectivity index (χ3v) is 4.45. The first-order valence-corrected chi connectivity index (χ1v) is 7.81. The molecule has 3 nitrogen and oxygen atoms in total. The predicted molar refractivity (Wildman–Crippen MR) is 91.5 cm³/mol. The molecule has 1 heterocycles. The van der Waals surface area contributed by atoms with Crippen LogP contribution in [0.25, 0.3) is 0 Å². The van der Waals surface area contributed by atoms with Gasteiger partial charge in [-0.05, 0) is 51.4 Å². The smallest absolute Gasteiger partial charge is 0.0985 e. The molecule has 5 heteroatoms. The molecule has 0 amide bonds. The molecule has 1 aromatic rings. The van der Waals surface area contributed by atoms with E-state index < -0.39 is 0 Å². The van der Waals surface area contributed by atoms with Crippen LogP contribution in [-0.4, -0.2) is 32.8 Å². The van der Waals surface area contributed by atoms with Crippen molar-refractivity contribution in [1.29, 1.82) is 0 Å². The Morgan fingerprint density at radius 2 is 2.00 bits per heavy atom. The van der Waals surface area contributed by atoms with Crippen LogP contribution in [0.5, 0.6) is 0 Å². The maximum absolute atomic E-state index is 6.27. The maximum Gasteiger partial charge on any atom is 0.0985 e. The van der Waals surface area contributed by atoms with Gasteiger partial charge in [-0.25, -0.2) is 0 Å². The lowest BCUT2D eigenvalue weighted by atomic mass is 9.97. The zero-order valence-corrected chi connectivity index (χ0v) is 14.3. The Hall–Kier alpha value is -0.320. The van der Waals surface area contributed by atoms with E-state index in [1.807, 2.05) is 24.3 Å². The van der Waals surface area contributed by atoms with Gasteiger partial charge in [0.2, 0.25) is 0 Å². The standard InChI is InChI=1S/C16H25ClN2O.ClH/c1-12(19-11-13-7-9-18-10-8-13)16(20-2)14-5-3-4-6-15(14)17;/h3-6,12-13,16,18-19H,7-11H2,1-2H3;1H. The third kappa shape index (κ3) is 5.42. The molecule has 21 heavy (non-hydrogen) atoms. The second-order valence-electron chi connectivity index (χ2n) is 5.57. The van der Waals surface area contributed by atoms with E-state index in [9.17, 15) is 0 Å². The first-order chi connectivity index (χ1) is 9.72. The first-order valence-electron chi connectivity index (χ1n) is 7.43. The highest BCUT2D eigenvalue weighted by Crippen LogP contribution is 2.27. The van der Waals surface area contributed by atoms with Gasteiger partial charge in [0.1, 0.15) is 0 Å². The molecule has 0 radical (unpaired) electrons. The summed E-state index contributed by atoms with van der Waals surface area (Å²) in [6.07, 6.45) is 2.50. The minimum absolute atomic E-state index is 0.